The summed E-state index contributed by atoms with van der Waals surface area (Å²) >= 11 is 5.90. The molecule has 5 heteroatoms. The SMILES string of the molecule is Cn1ccc2ccc(C(=O)N3CCC(Oc4ccc(Cl)cc4)CC3)cc21. The van der Waals surface area contributed by atoms with Gasteiger partial charge < -0.3 is 14.2 Å². The first-order valence-corrected chi connectivity index (χ1v) is 9.24. The summed E-state index contributed by atoms with van der Waals surface area (Å²) in [6.45, 7) is 1.42. The van der Waals surface area contributed by atoms with Gasteiger partial charge in [-0.1, -0.05) is 17.7 Å². The smallest absolute Gasteiger partial charge is 0.253 e. The second kappa shape index (κ2) is 7.04. The second-order valence-electron chi connectivity index (χ2n) is 6.76. The number of rotatable bonds is 3. The summed E-state index contributed by atoms with van der Waals surface area (Å²) < 4.78 is 8.05. The molecule has 0 radical (unpaired) electrons. The Morgan fingerprint density at radius 2 is 1.81 bits per heavy atom. The molecular weight excluding hydrogens is 348 g/mol. The summed E-state index contributed by atoms with van der Waals surface area (Å²) in [5, 5.41) is 1.85. The van der Waals surface area contributed by atoms with E-state index in [0.29, 0.717) is 18.1 Å². The number of hydrogen-bond acceptors (Lipinski definition) is 2. The fourth-order valence-corrected chi connectivity index (χ4v) is 3.59. The van der Waals surface area contributed by atoms with E-state index in [-0.39, 0.29) is 12.0 Å². The first-order valence-electron chi connectivity index (χ1n) is 8.87. The standard InChI is InChI=1S/C21H21ClN2O2/c1-23-11-8-15-2-3-16(14-20(15)23)21(25)24-12-9-19(10-13-24)26-18-6-4-17(22)5-7-18/h2-8,11,14,19H,9-10,12-13H2,1H3. The third kappa shape index (κ3) is 3.42. The molecule has 0 N–H and O–H groups in total. The molecule has 1 saturated heterocycles. The Labute approximate surface area is 157 Å². The third-order valence-electron chi connectivity index (χ3n) is 4.98. The molecule has 2 heterocycles. The highest BCUT2D eigenvalue weighted by Gasteiger charge is 2.25. The van der Waals surface area contributed by atoms with Crippen LogP contribution in [-0.2, 0) is 7.05 Å². The van der Waals surface area contributed by atoms with Crippen molar-refractivity contribution < 1.29 is 9.53 Å². The van der Waals surface area contributed by atoms with Gasteiger partial charge in [0.05, 0.1) is 0 Å². The predicted octanol–water partition coefficient (Wildman–Crippen LogP) is 4.52. The number of carbonyl (C=O) groups is 1. The third-order valence-corrected chi connectivity index (χ3v) is 5.23. The van der Waals surface area contributed by atoms with Crippen molar-refractivity contribution in [1.29, 1.82) is 0 Å². The van der Waals surface area contributed by atoms with Gasteiger partial charge in [-0.05, 0) is 47.9 Å². The van der Waals surface area contributed by atoms with E-state index in [2.05, 4.69) is 6.07 Å². The van der Waals surface area contributed by atoms with Gasteiger partial charge >= 0.3 is 0 Å². The second-order valence-corrected chi connectivity index (χ2v) is 7.20. The topological polar surface area (TPSA) is 34.5 Å². The molecule has 2 aromatic carbocycles. The fraction of sp³-hybridized carbons (Fsp3) is 0.286. The number of halogens is 1. The van der Waals surface area contributed by atoms with E-state index in [0.717, 1.165) is 35.1 Å². The minimum absolute atomic E-state index is 0.0954. The average Bonchev–Trinajstić information content (AvgIpc) is 3.04. The van der Waals surface area contributed by atoms with Crippen molar-refractivity contribution in [2.24, 2.45) is 7.05 Å². The largest absolute Gasteiger partial charge is 0.490 e. The quantitative estimate of drug-likeness (QED) is 0.681. The van der Waals surface area contributed by atoms with Gasteiger partial charge in [0.15, 0.2) is 0 Å². The number of likely N-dealkylation sites (tertiary alicyclic amines) is 1. The molecule has 26 heavy (non-hydrogen) atoms. The number of amides is 1. The van der Waals surface area contributed by atoms with Crippen molar-refractivity contribution >= 4 is 28.4 Å². The van der Waals surface area contributed by atoms with Gasteiger partial charge in [-0.2, -0.15) is 0 Å². The Hall–Kier alpha value is -2.46. The molecule has 0 spiro atoms. The van der Waals surface area contributed by atoms with Gasteiger partial charge in [-0.15, -0.1) is 0 Å². The van der Waals surface area contributed by atoms with Gasteiger partial charge in [-0.25, -0.2) is 0 Å². The molecule has 134 valence electrons. The molecule has 1 fully saturated rings. The zero-order valence-electron chi connectivity index (χ0n) is 14.7. The van der Waals surface area contributed by atoms with Crippen LogP contribution in [0.15, 0.2) is 54.7 Å². The van der Waals surface area contributed by atoms with Crippen LogP contribution < -0.4 is 4.74 Å². The Kier molecular flexibility index (Phi) is 4.60. The maximum atomic E-state index is 12.8. The van der Waals surface area contributed by atoms with Crippen molar-refractivity contribution in [3.63, 3.8) is 0 Å². The minimum atomic E-state index is 0.0954. The molecule has 0 bridgehead atoms. The monoisotopic (exact) mass is 368 g/mol. The van der Waals surface area contributed by atoms with Crippen LogP contribution in [0.3, 0.4) is 0 Å². The maximum absolute atomic E-state index is 12.8. The van der Waals surface area contributed by atoms with Crippen molar-refractivity contribution in [2.45, 2.75) is 18.9 Å². The summed E-state index contributed by atoms with van der Waals surface area (Å²) in [4.78, 5) is 14.8. The Balaban J connectivity index is 1.39. The first kappa shape index (κ1) is 17.0. The van der Waals surface area contributed by atoms with Gasteiger partial charge in [0.1, 0.15) is 11.9 Å². The van der Waals surface area contributed by atoms with Gasteiger partial charge in [-0.3, -0.25) is 4.79 Å². The predicted molar refractivity (Wildman–Crippen MR) is 104 cm³/mol. The summed E-state index contributed by atoms with van der Waals surface area (Å²) in [6, 6.07) is 15.4. The van der Waals surface area contributed by atoms with E-state index in [1.165, 1.54) is 0 Å². The lowest BCUT2D eigenvalue weighted by Gasteiger charge is -2.32. The molecule has 4 nitrogen and oxygen atoms in total. The highest BCUT2D eigenvalue weighted by atomic mass is 35.5. The van der Waals surface area contributed by atoms with Gasteiger partial charge in [0.25, 0.3) is 5.91 Å². The molecule has 1 aromatic heterocycles. The first-order chi connectivity index (χ1) is 12.6. The van der Waals surface area contributed by atoms with Crippen LogP contribution in [0, 0.1) is 0 Å². The lowest BCUT2D eigenvalue weighted by Crippen LogP contribution is -2.41. The van der Waals surface area contributed by atoms with Crippen LogP contribution >= 0.6 is 11.6 Å². The minimum Gasteiger partial charge on any atom is -0.490 e. The van der Waals surface area contributed by atoms with Crippen molar-refractivity contribution in [2.75, 3.05) is 13.1 Å². The number of piperidine rings is 1. The molecule has 1 amide bonds. The number of hydrogen-bond donors (Lipinski definition) is 0. The van der Waals surface area contributed by atoms with E-state index in [1.807, 2.05) is 65.2 Å². The van der Waals surface area contributed by atoms with Crippen molar-refractivity contribution in [1.82, 2.24) is 9.47 Å². The maximum Gasteiger partial charge on any atom is 0.253 e. The summed E-state index contributed by atoms with van der Waals surface area (Å²) in [7, 11) is 2.00. The van der Waals surface area contributed by atoms with Crippen molar-refractivity contribution in [3.05, 3.63) is 65.3 Å². The van der Waals surface area contributed by atoms with Crippen LogP contribution in [0.4, 0.5) is 0 Å². The highest BCUT2D eigenvalue weighted by Crippen LogP contribution is 2.23. The van der Waals surface area contributed by atoms with Crippen LogP contribution in [0.25, 0.3) is 10.9 Å². The summed E-state index contributed by atoms with van der Waals surface area (Å²) in [5.41, 5.74) is 1.83. The van der Waals surface area contributed by atoms with Crippen LogP contribution in [0.1, 0.15) is 23.2 Å². The molecule has 1 aliphatic rings. The van der Waals surface area contributed by atoms with E-state index in [9.17, 15) is 4.79 Å². The average molecular weight is 369 g/mol. The van der Waals surface area contributed by atoms with Crippen LogP contribution in [-0.4, -0.2) is 34.6 Å². The molecule has 0 unspecified atom stereocenters. The van der Waals surface area contributed by atoms with E-state index >= 15 is 0 Å². The van der Waals surface area contributed by atoms with Gasteiger partial charge in [0, 0.05) is 55.3 Å². The molecule has 0 atom stereocenters. The number of nitrogens with zero attached hydrogens (tertiary/aromatic N) is 2. The van der Waals surface area contributed by atoms with Crippen LogP contribution in [0.2, 0.25) is 5.02 Å². The fourth-order valence-electron chi connectivity index (χ4n) is 3.46. The molecule has 4 rings (SSSR count). The molecule has 3 aromatic rings. The van der Waals surface area contributed by atoms with Crippen molar-refractivity contribution in [3.8, 4) is 5.75 Å². The number of aryl methyl sites for hydroxylation is 1. The number of ether oxygens (including phenoxy) is 1. The normalized spacial score (nSPS) is 15.4. The van der Waals surface area contributed by atoms with E-state index in [4.69, 9.17) is 16.3 Å². The zero-order valence-corrected chi connectivity index (χ0v) is 15.4. The highest BCUT2D eigenvalue weighted by molar-refractivity contribution is 6.30. The van der Waals surface area contributed by atoms with E-state index in [1.54, 1.807) is 0 Å². The lowest BCUT2D eigenvalue weighted by atomic mass is 10.1. The summed E-state index contributed by atoms with van der Waals surface area (Å²) in [5.74, 6) is 0.923. The number of carbonyl (C=O) groups excluding carboxylic acids is 1. The lowest BCUT2D eigenvalue weighted by molar-refractivity contribution is 0.0595. The summed E-state index contributed by atoms with van der Waals surface area (Å²) in [6.07, 6.45) is 3.82. The van der Waals surface area contributed by atoms with Gasteiger partial charge in [0.2, 0.25) is 0 Å². The molecule has 1 aliphatic heterocycles. The number of aromatic nitrogens is 1. The molecule has 0 saturated carbocycles. The molecular formula is C21H21ClN2O2. The Morgan fingerprint density at radius 3 is 2.54 bits per heavy atom. The Bertz CT molecular complexity index is 925. The number of fused-ring (bicyclic) bond motifs is 1. The zero-order chi connectivity index (χ0) is 18.1. The van der Waals surface area contributed by atoms with E-state index < -0.39 is 0 Å². The van der Waals surface area contributed by atoms with Crippen LogP contribution in [0.5, 0.6) is 5.75 Å². The number of benzene rings is 2. The Morgan fingerprint density at radius 1 is 1.08 bits per heavy atom. The molecule has 0 aliphatic carbocycles.